The monoisotopic (exact) mass is 344 g/mol. The van der Waals surface area contributed by atoms with Crippen molar-refractivity contribution in [1.29, 1.82) is 0 Å². The number of benzene rings is 1. The lowest BCUT2D eigenvalue weighted by Gasteiger charge is -2.42. The number of carbonyl (C=O) groups excluding carboxylic acids is 2. The van der Waals surface area contributed by atoms with E-state index in [0.29, 0.717) is 24.9 Å². The van der Waals surface area contributed by atoms with E-state index < -0.39 is 5.97 Å². The highest BCUT2D eigenvalue weighted by Gasteiger charge is 2.37. The molecule has 25 heavy (non-hydrogen) atoms. The first-order valence-corrected chi connectivity index (χ1v) is 8.19. The van der Waals surface area contributed by atoms with Crippen LogP contribution < -0.4 is 0 Å². The van der Waals surface area contributed by atoms with Crippen LogP contribution in [-0.4, -0.2) is 44.1 Å². The van der Waals surface area contributed by atoms with E-state index in [4.69, 9.17) is 15.0 Å². The Kier molecular flexibility index (Phi) is 4.92. The van der Waals surface area contributed by atoms with Crippen molar-refractivity contribution in [3.05, 3.63) is 44.8 Å². The van der Waals surface area contributed by atoms with Crippen LogP contribution in [0.4, 0.5) is 0 Å². The van der Waals surface area contributed by atoms with E-state index >= 15 is 0 Å². The highest BCUT2D eigenvalue weighted by atomic mass is 16.5. The van der Waals surface area contributed by atoms with Crippen LogP contribution >= 0.6 is 0 Å². The number of carbonyl (C=O) groups is 2. The molecule has 0 spiro atoms. The molecule has 0 unspecified atom stereocenters. The van der Waals surface area contributed by atoms with Gasteiger partial charge in [-0.1, -0.05) is 5.11 Å². The molecule has 0 N–H and O–H groups in total. The van der Waals surface area contributed by atoms with Gasteiger partial charge >= 0.3 is 11.9 Å². The summed E-state index contributed by atoms with van der Waals surface area (Å²) in [5.41, 5.74) is 12.3. The predicted molar refractivity (Wildman–Crippen MR) is 88.9 cm³/mol. The van der Waals surface area contributed by atoms with Gasteiger partial charge in [-0.15, -0.1) is 0 Å². The zero-order valence-electron chi connectivity index (χ0n) is 14.3. The van der Waals surface area contributed by atoms with Crippen LogP contribution in [-0.2, 0) is 20.7 Å². The average molecular weight is 344 g/mol. The van der Waals surface area contributed by atoms with Crippen LogP contribution in [0.5, 0.6) is 0 Å². The lowest BCUT2D eigenvalue weighted by Crippen LogP contribution is -2.41. The molecule has 1 heterocycles. The van der Waals surface area contributed by atoms with Gasteiger partial charge in [-0.25, -0.2) is 4.79 Å². The quantitative estimate of drug-likeness (QED) is 0.361. The van der Waals surface area contributed by atoms with E-state index in [2.05, 4.69) is 14.9 Å². The fraction of sp³-hybridized carbons (Fsp3) is 0.529. The smallest absolute Gasteiger partial charge is 0.337 e. The first-order valence-electron chi connectivity index (χ1n) is 8.19. The third kappa shape index (κ3) is 3.18. The fourth-order valence-electron chi connectivity index (χ4n) is 3.86. The van der Waals surface area contributed by atoms with Gasteiger partial charge in [0.15, 0.2) is 0 Å². The number of rotatable bonds is 4. The zero-order valence-corrected chi connectivity index (χ0v) is 14.3. The van der Waals surface area contributed by atoms with Crippen LogP contribution in [0.15, 0.2) is 17.2 Å². The molecule has 0 saturated heterocycles. The summed E-state index contributed by atoms with van der Waals surface area (Å²) < 4.78 is 9.64. The van der Waals surface area contributed by atoms with Gasteiger partial charge in [0.2, 0.25) is 0 Å². The van der Waals surface area contributed by atoms with Crippen molar-refractivity contribution in [3.8, 4) is 0 Å². The second-order valence-corrected chi connectivity index (χ2v) is 6.24. The molecular weight excluding hydrogens is 324 g/mol. The zero-order chi connectivity index (χ0) is 18.0. The molecular formula is C17H20N4O4. The molecule has 1 aliphatic carbocycles. The molecule has 2 aliphatic rings. The first kappa shape index (κ1) is 17.3. The van der Waals surface area contributed by atoms with E-state index in [0.717, 1.165) is 23.1 Å². The van der Waals surface area contributed by atoms with E-state index in [-0.39, 0.29) is 24.6 Å². The highest BCUT2D eigenvalue weighted by molar-refractivity contribution is 5.90. The summed E-state index contributed by atoms with van der Waals surface area (Å²) in [6.45, 7) is 0.938. The summed E-state index contributed by atoms with van der Waals surface area (Å²) in [7, 11) is 2.73. The van der Waals surface area contributed by atoms with Gasteiger partial charge in [0.05, 0.1) is 32.4 Å². The molecule has 3 rings (SSSR count). The molecule has 132 valence electrons. The van der Waals surface area contributed by atoms with Crippen molar-refractivity contribution in [3.63, 3.8) is 0 Å². The van der Waals surface area contributed by atoms with Gasteiger partial charge < -0.3 is 9.47 Å². The van der Waals surface area contributed by atoms with E-state index in [1.165, 1.54) is 14.2 Å². The third-order valence-corrected chi connectivity index (χ3v) is 4.98. The average Bonchev–Trinajstić information content (AvgIpc) is 2.64. The van der Waals surface area contributed by atoms with E-state index in [1.807, 2.05) is 6.07 Å². The summed E-state index contributed by atoms with van der Waals surface area (Å²) in [5.74, 6) is -0.675. The summed E-state index contributed by atoms with van der Waals surface area (Å²) in [6.07, 6.45) is 2.17. The Hall–Kier alpha value is -2.57. The van der Waals surface area contributed by atoms with Gasteiger partial charge in [-0.3, -0.25) is 9.69 Å². The molecule has 0 aromatic heterocycles. The van der Waals surface area contributed by atoms with Gasteiger partial charge in [-0.2, -0.15) is 0 Å². The van der Waals surface area contributed by atoms with Crippen molar-refractivity contribution >= 4 is 11.9 Å². The Morgan fingerprint density at radius 1 is 1.32 bits per heavy atom. The molecule has 8 heteroatoms. The molecule has 1 aliphatic heterocycles. The second-order valence-electron chi connectivity index (χ2n) is 6.24. The molecule has 0 bridgehead atoms. The van der Waals surface area contributed by atoms with Crippen LogP contribution in [0.1, 0.15) is 52.0 Å². The van der Waals surface area contributed by atoms with Gasteiger partial charge in [0.1, 0.15) is 0 Å². The number of azide groups is 1. The molecule has 0 amide bonds. The number of hydrogen-bond donors (Lipinski definition) is 0. The van der Waals surface area contributed by atoms with Crippen molar-refractivity contribution in [2.45, 2.75) is 31.3 Å². The molecule has 1 aromatic rings. The van der Waals surface area contributed by atoms with Gasteiger partial charge in [-0.05, 0) is 53.6 Å². The topological polar surface area (TPSA) is 105 Å². The molecule has 8 nitrogen and oxygen atoms in total. The van der Waals surface area contributed by atoms with Crippen LogP contribution in [0.25, 0.3) is 10.4 Å². The number of ether oxygens (including phenoxy) is 2. The Balaban J connectivity index is 2.07. The van der Waals surface area contributed by atoms with E-state index in [1.54, 1.807) is 6.07 Å². The second kappa shape index (κ2) is 7.13. The van der Waals surface area contributed by atoms with Crippen molar-refractivity contribution in [1.82, 2.24) is 4.90 Å². The summed E-state index contributed by atoms with van der Waals surface area (Å²) >= 11 is 0. The molecule has 1 aromatic carbocycles. The van der Waals surface area contributed by atoms with Crippen LogP contribution in [0, 0.1) is 0 Å². The number of hydrogen-bond acceptors (Lipinski definition) is 6. The molecule has 0 radical (unpaired) electrons. The first-order chi connectivity index (χ1) is 12.1. The number of esters is 2. The van der Waals surface area contributed by atoms with Gasteiger partial charge in [0.25, 0.3) is 0 Å². The maximum absolute atomic E-state index is 12.0. The summed E-state index contributed by atoms with van der Waals surface area (Å²) in [4.78, 5) is 28.7. The fourth-order valence-corrected chi connectivity index (χ4v) is 3.86. The summed E-state index contributed by atoms with van der Waals surface area (Å²) in [6, 6.07) is 3.37. The third-order valence-electron chi connectivity index (χ3n) is 4.98. The SMILES string of the molecule is COC(=O)CN1CCc2cc(C(=O)OC)cc3c2[C@@H]1CC[C@H]3N=[N+]=[N-]. The largest absolute Gasteiger partial charge is 0.468 e. The maximum Gasteiger partial charge on any atom is 0.337 e. The van der Waals surface area contributed by atoms with E-state index in [9.17, 15) is 9.59 Å². The Labute approximate surface area is 145 Å². The van der Waals surface area contributed by atoms with Crippen molar-refractivity contribution in [2.75, 3.05) is 27.3 Å². The standard InChI is InChI=1S/C17H20N4O4/c1-24-15(22)9-21-6-5-10-7-11(17(23)25-2)8-12-13(19-20-18)3-4-14(21)16(10)12/h7-8,13-14H,3-6,9H2,1-2H3/t13-,14+/m1/s1. The minimum Gasteiger partial charge on any atom is -0.468 e. The number of nitrogens with zero attached hydrogens (tertiary/aromatic N) is 4. The lowest BCUT2D eigenvalue weighted by atomic mass is 9.77. The minimum atomic E-state index is -0.405. The predicted octanol–water partition coefficient (Wildman–Crippen LogP) is 2.69. The molecule has 2 atom stereocenters. The number of methoxy groups -OCH3 is 2. The highest BCUT2D eigenvalue weighted by Crippen LogP contribution is 2.45. The Morgan fingerprint density at radius 3 is 2.80 bits per heavy atom. The molecule has 0 fully saturated rings. The Morgan fingerprint density at radius 2 is 2.12 bits per heavy atom. The van der Waals surface area contributed by atoms with Crippen LogP contribution in [0.2, 0.25) is 0 Å². The summed E-state index contributed by atoms with van der Waals surface area (Å²) in [5, 5.41) is 3.91. The lowest BCUT2D eigenvalue weighted by molar-refractivity contribution is -0.142. The van der Waals surface area contributed by atoms with Crippen molar-refractivity contribution < 1.29 is 19.1 Å². The van der Waals surface area contributed by atoms with Crippen LogP contribution in [0.3, 0.4) is 0 Å². The van der Waals surface area contributed by atoms with Crippen molar-refractivity contribution in [2.24, 2.45) is 5.11 Å². The molecule has 0 saturated carbocycles. The maximum atomic E-state index is 12.0. The normalized spacial score (nSPS) is 21.7. The van der Waals surface area contributed by atoms with Gasteiger partial charge in [0, 0.05) is 17.5 Å². The minimum absolute atomic E-state index is 0.0645. The Bertz CT molecular complexity index is 757.